The Morgan fingerprint density at radius 1 is 0.594 bits per heavy atom. The van der Waals surface area contributed by atoms with E-state index in [1.165, 1.54) is 15.9 Å². The van der Waals surface area contributed by atoms with Gasteiger partial charge in [-0.05, 0) is 73.5 Å². The fraction of sp³-hybridized carbons (Fsp3) is 0.138. The first kappa shape index (κ1) is 22.0. The quantitative estimate of drug-likeness (QED) is 0.160. The third kappa shape index (κ3) is 4.82. The van der Waals surface area contributed by atoms with Gasteiger partial charge in [-0.2, -0.15) is 0 Å². The number of unbranched alkanes of at least 4 members (excludes halogenated alkanes) is 1. The van der Waals surface area contributed by atoms with Gasteiger partial charge in [0.05, 0.1) is 6.16 Å². The molecule has 0 aliphatic rings. The van der Waals surface area contributed by atoms with Crippen LogP contribution in [-0.4, -0.2) is 11.9 Å². The number of hydrogen-bond acceptors (Lipinski definition) is 2. The van der Waals surface area contributed by atoms with Crippen molar-refractivity contribution in [1.29, 1.82) is 0 Å². The van der Waals surface area contributed by atoms with E-state index in [9.17, 15) is 4.79 Å². The van der Waals surface area contributed by atoms with Gasteiger partial charge in [0.25, 0.3) is 0 Å². The van der Waals surface area contributed by atoms with E-state index in [4.69, 9.17) is 5.73 Å². The molecule has 0 bridgehead atoms. The smallest absolute Gasteiger partial charge is 0.162 e. The number of benzene rings is 4. The monoisotopic (exact) mass is 438 g/mol. The molecule has 3 heteroatoms. The number of carbonyl (C=O) groups is 1. The van der Waals surface area contributed by atoms with Crippen LogP contribution in [0.3, 0.4) is 0 Å². The number of rotatable bonds is 9. The average molecular weight is 439 g/mol. The van der Waals surface area contributed by atoms with Gasteiger partial charge in [0.2, 0.25) is 0 Å². The highest BCUT2D eigenvalue weighted by molar-refractivity contribution is 7.95. The minimum atomic E-state index is -1.82. The molecule has 0 atom stereocenters. The van der Waals surface area contributed by atoms with Crippen molar-refractivity contribution in [3.05, 3.63) is 121 Å². The van der Waals surface area contributed by atoms with E-state index >= 15 is 0 Å². The first-order valence-corrected chi connectivity index (χ1v) is 13.1. The maximum absolute atomic E-state index is 12.7. The molecule has 0 aromatic heterocycles. The lowest BCUT2D eigenvalue weighted by molar-refractivity contribution is 0.0980. The van der Waals surface area contributed by atoms with Crippen LogP contribution in [-0.2, 0) is 0 Å². The first-order chi connectivity index (χ1) is 15.7. The summed E-state index contributed by atoms with van der Waals surface area (Å²) in [7, 11) is -1.82. The lowest BCUT2D eigenvalue weighted by Gasteiger charge is -2.27. The fourth-order valence-corrected chi connectivity index (χ4v) is 8.74. The molecule has 32 heavy (non-hydrogen) atoms. The summed E-state index contributed by atoms with van der Waals surface area (Å²) in [5.41, 5.74) is 7.18. The van der Waals surface area contributed by atoms with E-state index in [-0.39, 0.29) is 5.78 Å². The van der Waals surface area contributed by atoms with Crippen LogP contribution in [0.15, 0.2) is 115 Å². The highest BCUT2D eigenvalue weighted by Crippen LogP contribution is 2.55. The lowest BCUT2D eigenvalue weighted by atomic mass is 10.1. The number of Topliss-reactive ketones (excluding diaryl/α,β-unsaturated/α-hetero) is 1. The van der Waals surface area contributed by atoms with Crippen LogP contribution < -0.4 is 21.6 Å². The number of nitrogens with two attached hydrogens (primary N) is 1. The number of hydrogen-bond donors (Lipinski definition) is 1. The molecule has 0 heterocycles. The average Bonchev–Trinajstić information content (AvgIpc) is 2.86. The second kappa shape index (κ2) is 10.4. The number of anilines is 1. The molecule has 0 amide bonds. The minimum Gasteiger partial charge on any atom is -0.399 e. The predicted molar refractivity (Wildman–Crippen MR) is 139 cm³/mol. The van der Waals surface area contributed by atoms with Gasteiger partial charge in [-0.25, -0.2) is 0 Å². The van der Waals surface area contributed by atoms with Gasteiger partial charge in [-0.1, -0.05) is 54.6 Å². The largest absolute Gasteiger partial charge is 0.399 e. The summed E-state index contributed by atoms with van der Waals surface area (Å²) in [4.78, 5) is 12.7. The molecule has 0 aliphatic heterocycles. The molecule has 0 spiro atoms. The van der Waals surface area contributed by atoms with Crippen molar-refractivity contribution in [1.82, 2.24) is 0 Å². The highest BCUT2D eigenvalue weighted by atomic mass is 31.2. The lowest BCUT2D eigenvalue weighted by Crippen LogP contribution is -2.33. The number of carbonyl (C=O) groups excluding carboxylic acids is 1. The molecule has 0 saturated carbocycles. The molecule has 4 rings (SSSR count). The van der Waals surface area contributed by atoms with Crippen LogP contribution in [0.25, 0.3) is 0 Å². The molecular formula is C29H29NOP+. The molecule has 0 radical (unpaired) electrons. The van der Waals surface area contributed by atoms with Gasteiger partial charge >= 0.3 is 0 Å². The van der Waals surface area contributed by atoms with Gasteiger partial charge in [-0.3, -0.25) is 4.79 Å². The molecular weight excluding hydrogens is 409 g/mol. The maximum Gasteiger partial charge on any atom is 0.162 e. The maximum atomic E-state index is 12.7. The Morgan fingerprint density at radius 3 is 1.47 bits per heavy atom. The standard InChI is InChI=1S/C29H28NOP/c30-25-21-19-24(20-22-25)29(31)18-10-11-23-32(26-12-4-1-5-13-26,27-14-6-2-7-15-27)28-16-8-3-9-17-28/h1-9,12-17,19-22H,10-11,18,23H2,(H-,30,31)/p+1. The number of ketones is 1. The summed E-state index contributed by atoms with van der Waals surface area (Å²) in [6, 6.07) is 40.0. The Bertz CT molecular complexity index is 1030. The second-order valence-electron chi connectivity index (χ2n) is 8.04. The van der Waals surface area contributed by atoms with E-state index in [0.29, 0.717) is 12.1 Å². The highest BCUT2D eigenvalue weighted by Gasteiger charge is 2.44. The van der Waals surface area contributed by atoms with E-state index in [0.717, 1.165) is 24.6 Å². The van der Waals surface area contributed by atoms with Crippen molar-refractivity contribution in [2.45, 2.75) is 19.3 Å². The SMILES string of the molecule is Nc1ccc(C(=O)CCCC[P+](c2ccccc2)(c2ccccc2)c2ccccc2)cc1. The van der Waals surface area contributed by atoms with Gasteiger partial charge in [-0.15, -0.1) is 0 Å². The van der Waals surface area contributed by atoms with E-state index in [2.05, 4.69) is 91.0 Å². The van der Waals surface area contributed by atoms with Crippen molar-refractivity contribution in [2.24, 2.45) is 0 Å². The Morgan fingerprint density at radius 2 is 1.03 bits per heavy atom. The first-order valence-electron chi connectivity index (χ1n) is 11.1. The summed E-state index contributed by atoms with van der Waals surface area (Å²) in [6.07, 6.45) is 3.47. The Hall–Kier alpha value is -3.22. The van der Waals surface area contributed by atoms with Crippen LogP contribution in [0.4, 0.5) is 5.69 Å². The van der Waals surface area contributed by atoms with Gasteiger partial charge in [0.15, 0.2) is 5.78 Å². The van der Waals surface area contributed by atoms with E-state index in [1.807, 2.05) is 12.1 Å². The summed E-state index contributed by atoms with van der Waals surface area (Å²) < 4.78 is 0. The van der Waals surface area contributed by atoms with Gasteiger partial charge in [0, 0.05) is 17.7 Å². The zero-order valence-corrected chi connectivity index (χ0v) is 19.1. The molecule has 0 saturated heterocycles. The molecule has 4 aromatic carbocycles. The molecule has 0 fully saturated rings. The van der Waals surface area contributed by atoms with Crippen molar-refractivity contribution in [3.8, 4) is 0 Å². The minimum absolute atomic E-state index is 0.188. The Kier molecular flexibility index (Phi) is 7.14. The molecule has 2 nitrogen and oxygen atoms in total. The third-order valence-electron chi connectivity index (χ3n) is 5.97. The van der Waals surface area contributed by atoms with Crippen LogP contribution in [0.5, 0.6) is 0 Å². The molecule has 0 aliphatic carbocycles. The van der Waals surface area contributed by atoms with Gasteiger partial charge < -0.3 is 5.73 Å². The summed E-state index contributed by atoms with van der Waals surface area (Å²) in [5.74, 6) is 0.188. The van der Waals surface area contributed by atoms with E-state index < -0.39 is 7.26 Å². The van der Waals surface area contributed by atoms with Gasteiger partial charge in [0.1, 0.15) is 23.2 Å². The van der Waals surface area contributed by atoms with Crippen LogP contribution in [0.2, 0.25) is 0 Å². The molecule has 160 valence electrons. The summed E-state index contributed by atoms with van der Waals surface area (Å²) in [6.45, 7) is 0. The normalized spacial score (nSPS) is 11.2. The molecule has 2 N–H and O–H groups in total. The zero-order valence-electron chi connectivity index (χ0n) is 18.2. The third-order valence-corrected chi connectivity index (χ3v) is 10.5. The summed E-state index contributed by atoms with van der Waals surface area (Å²) in [5, 5.41) is 4.17. The van der Waals surface area contributed by atoms with Crippen LogP contribution >= 0.6 is 7.26 Å². The zero-order chi connectivity index (χ0) is 22.2. The molecule has 0 unspecified atom stereocenters. The van der Waals surface area contributed by atoms with Crippen molar-refractivity contribution >= 4 is 34.6 Å². The van der Waals surface area contributed by atoms with Crippen LogP contribution in [0.1, 0.15) is 29.6 Å². The second-order valence-corrected chi connectivity index (χ2v) is 11.7. The van der Waals surface area contributed by atoms with Crippen molar-refractivity contribution < 1.29 is 4.79 Å². The Labute approximate surface area is 191 Å². The molecule has 4 aromatic rings. The van der Waals surface area contributed by atoms with Crippen molar-refractivity contribution in [2.75, 3.05) is 11.9 Å². The predicted octanol–water partition coefficient (Wildman–Crippen LogP) is 5.62. The van der Waals surface area contributed by atoms with E-state index in [1.54, 1.807) is 12.1 Å². The van der Waals surface area contributed by atoms with Crippen molar-refractivity contribution in [3.63, 3.8) is 0 Å². The Balaban J connectivity index is 1.61. The topological polar surface area (TPSA) is 43.1 Å². The fourth-order valence-electron chi connectivity index (χ4n) is 4.33. The van der Waals surface area contributed by atoms with Crippen LogP contribution in [0, 0.1) is 0 Å². The number of nitrogen functional groups attached to an aromatic ring is 1. The summed E-state index contributed by atoms with van der Waals surface area (Å²) >= 11 is 0.